The number of aliphatic hydroxyl groups is 1. The molecule has 7 rings (SSSR count). The van der Waals surface area contributed by atoms with Gasteiger partial charge in [-0.1, -0.05) is 11.2 Å². The number of benzene rings is 2. The van der Waals surface area contributed by atoms with Gasteiger partial charge >= 0.3 is 0 Å². The summed E-state index contributed by atoms with van der Waals surface area (Å²) in [4.78, 5) is 26.1. The van der Waals surface area contributed by atoms with E-state index < -0.39 is 23.3 Å². The number of rotatable bonds is 5. The number of fused-ring (bicyclic) bond motifs is 2. The van der Waals surface area contributed by atoms with E-state index >= 15 is 0 Å². The predicted octanol–water partition coefficient (Wildman–Crippen LogP) is 7.26. The standard InChI is InChI=1S/C33H33F2N5O3S/c1-17-30(18(2)43-38-17)19-8-13-26-25(14-19)36-31(27-6-5-7-29(41)39(27)20-9-11-22(34)23(35)15-20)40(26)21-10-12-24-28(16-21)44-32(37-24)33(3,4)42/h8-9,11,13-15,21,27,42H,5-7,10,12,16H2,1-4H3/t21-,27+/m1/s1. The van der Waals surface area contributed by atoms with Gasteiger partial charge in [0, 0.05) is 41.1 Å². The van der Waals surface area contributed by atoms with Crippen molar-refractivity contribution in [3.8, 4) is 11.1 Å². The lowest BCUT2D eigenvalue weighted by Gasteiger charge is -2.37. The Morgan fingerprint density at radius 3 is 2.59 bits per heavy atom. The van der Waals surface area contributed by atoms with Crippen molar-refractivity contribution in [2.45, 2.75) is 83.9 Å². The minimum Gasteiger partial charge on any atom is -0.383 e. The third-order valence-corrected chi connectivity index (χ3v) is 10.2. The zero-order valence-corrected chi connectivity index (χ0v) is 25.8. The first-order chi connectivity index (χ1) is 21.0. The highest BCUT2D eigenvalue weighted by atomic mass is 32.1. The molecule has 4 heterocycles. The molecule has 0 unspecified atom stereocenters. The summed E-state index contributed by atoms with van der Waals surface area (Å²) in [5.41, 5.74) is 4.66. The largest absolute Gasteiger partial charge is 0.383 e. The number of carbonyl (C=O) groups excluding carboxylic acids is 1. The zero-order valence-electron chi connectivity index (χ0n) is 25.0. The van der Waals surface area contributed by atoms with E-state index in [4.69, 9.17) is 14.5 Å². The van der Waals surface area contributed by atoms with Crippen LogP contribution in [0.5, 0.6) is 0 Å². The number of halogens is 2. The van der Waals surface area contributed by atoms with Crippen LogP contribution < -0.4 is 4.90 Å². The van der Waals surface area contributed by atoms with Gasteiger partial charge in [-0.3, -0.25) is 4.79 Å². The first kappa shape index (κ1) is 28.8. The van der Waals surface area contributed by atoms with Gasteiger partial charge in [0.1, 0.15) is 22.2 Å². The van der Waals surface area contributed by atoms with Crippen LogP contribution in [0.3, 0.4) is 0 Å². The number of nitrogens with zero attached hydrogens (tertiary/aromatic N) is 5. The van der Waals surface area contributed by atoms with E-state index in [1.807, 2.05) is 26.0 Å². The summed E-state index contributed by atoms with van der Waals surface area (Å²) in [5.74, 6) is -0.664. The maximum Gasteiger partial charge on any atom is 0.227 e. The van der Waals surface area contributed by atoms with Crippen LogP contribution in [0.2, 0.25) is 0 Å². The van der Waals surface area contributed by atoms with Crippen LogP contribution in [0.4, 0.5) is 14.5 Å². The summed E-state index contributed by atoms with van der Waals surface area (Å²) in [6.07, 6.45) is 3.87. The summed E-state index contributed by atoms with van der Waals surface area (Å²) >= 11 is 1.54. The molecule has 1 saturated heterocycles. The highest BCUT2D eigenvalue weighted by molar-refractivity contribution is 7.11. The smallest absolute Gasteiger partial charge is 0.227 e. The lowest BCUT2D eigenvalue weighted by molar-refractivity contribution is -0.120. The highest BCUT2D eigenvalue weighted by Gasteiger charge is 2.37. The van der Waals surface area contributed by atoms with E-state index in [9.17, 15) is 18.7 Å². The Morgan fingerprint density at radius 2 is 1.86 bits per heavy atom. The fourth-order valence-corrected chi connectivity index (χ4v) is 7.88. The molecule has 0 spiro atoms. The third kappa shape index (κ3) is 4.82. The Morgan fingerprint density at radius 1 is 1.05 bits per heavy atom. The van der Waals surface area contributed by atoms with Crippen molar-refractivity contribution in [2.75, 3.05) is 4.90 Å². The van der Waals surface area contributed by atoms with Gasteiger partial charge in [0.25, 0.3) is 0 Å². The zero-order chi connectivity index (χ0) is 30.9. The van der Waals surface area contributed by atoms with E-state index in [1.54, 1.807) is 30.1 Å². The highest BCUT2D eigenvalue weighted by Crippen LogP contribution is 2.43. The summed E-state index contributed by atoms with van der Waals surface area (Å²) in [7, 11) is 0. The molecule has 5 aromatic rings. The van der Waals surface area contributed by atoms with Crippen LogP contribution in [-0.4, -0.2) is 30.7 Å². The first-order valence-corrected chi connectivity index (χ1v) is 15.7. The average molecular weight is 618 g/mol. The molecule has 44 heavy (non-hydrogen) atoms. The maximum atomic E-state index is 14.4. The summed E-state index contributed by atoms with van der Waals surface area (Å²) in [5, 5.41) is 15.4. The van der Waals surface area contributed by atoms with Crippen LogP contribution in [-0.2, 0) is 23.2 Å². The molecule has 0 radical (unpaired) electrons. The van der Waals surface area contributed by atoms with Crippen LogP contribution in [0.15, 0.2) is 40.9 Å². The van der Waals surface area contributed by atoms with Gasteiger partial charge in [-0.25, -0.2) is 18.7 Å². The van der Waals surface area contributed by atoms with Gasteiger partial charge < -0.3 is 19.1 Å². The van der Waals surface area contributed by atoms with Crippen LogP contribution in [0.1, 0.15) is 84.5 Å². The molecule has 1 amide bonds. The number of hydrogen-bond donors (Lipinski definition) is 1. The Kier molecular flexibility index (Phi) is 6.93. The number of aromatic nitrogens is 4. The second-order valence-corrected chi connectivity index (χ2v) is 13.4. The van der Waals surface area contributed by atoms with E-state index in [0.717, 1.165) is 75.0 Å². The van der Waals surface area contributed by atoms with Crippen molar-refractivity contribution in [3.63, 3.8) is 0 Å². The molecular formula is C33H33F2N5O3S. The number of imidazole rings is 1. The average Bonchev–Trinajstić information content (AvgIpc) is 3.68. The van der Waals surface area contributed by atoms with Crippen molar-refractivity contribution >= 4 is 34.0 Å². The van der Waals surface area contributed by atoms with Crippen LogP contribution in [0.25, 0.3) is 22.2 Å². The monoisotopic (exact) mass is 617 g/mol. The number of thiazole rings is 1. The van der Waals surface area contributed by atoms with Gasteiger partial charge in [-0.15, -0.1) is 11.3 Å². The molecule has 2 atom stereocenters. The fourth-order valence-electron chi connectivity index (χ4n) is 6.70. The molecule has 3 aromatic heterocycles. The second kappa shape index (κ2) is 10.6. The first-order valence-electron chi connectivity index (χ1n) is 14.9. The lowest BCUT2D eigenvalue weighted by Crippen LogP contribution is -2.40. The summed E-state index contributed by atoms with van der Waals surface area (Å²) < 4.78 is 36.0. The molecule has 11 heteroatoms. The molecular weight excluding hydrogens is 584 g/mol. The molecule has 228 valence electrons. The Labute approximate surface area is 257 Å². The minimum absolute atomic E-state index is 0.0198. The van der Waals surface area contributed by atoms with Gasteiger partial charge in [-0.2, -0.15) is 0 Å². The number of hydrogen-bond acceptors (Lipinski definition) is 7. The lowest BCUT2D eigenvalue weighted by atomic mass is 9.95. The Bertz CT molecular complexity index is 1900. The van der Waals surface area contributed by atoms with Crippen molar-refractivity contribution in [1.29, 1.82) is 0 Å². The normalized spacial score (nSPS) is 19.2. The van der Waals surface area contributed by atoms with Crippen LogP contribution >= 0.6 is 11.3 Å². The predicted molar refractivity (Wildman–Crippen MR) is 164 cm³/mol. The fraction of sp³-hybridized carbons (Fsp3) is 0.394. The van der Waals surface area contributed by atoms with E-state index in [1.165, 1.54) is 6.07 Å². The summed E-state index contributed by atoms with van der Waals surface area (Å²) in [6.45, 7) is 7.29. The summed E-state index contributed by atoms with van der Waals surface area (Å²) in [6, 6.07) is 9.30. The SMILES string of the molecule is Cc1noc(C)c1-c1ccc2c(c1)nc([C@@H]1CCCC(=O)N1c1ccc(F)c(F)c1)n2[C@@H]1CCc2nc(C(C)(C)O)sc2C1. The molecule has 1 aliphatic carbocycles. The molecule has 0 saturated carbocycles. The topological polar surface area (TPSA) is 97.3 Å². The Hall–Kier alpha value is -3.96. The molecule has 2 aromatic carbocycles. The van der Waals surface area contributed by atoms with Crippen molar-refractivity contribution in [3.05, 3.63) is 80.9 Å². The van der Waals surface area contributed by atoms with Crippen molar-refractivity contribution < 1.29 is 23.2 Å². The third-order valence-electron chi connectivity index (χ3n) is 8.77. The van der Waals surface area contributed by atoms with Crippen molar-refractivity contribution in [2.24, 2.45) is 0 Å². The number of piperidine rings is 1. The maximum absolute atomic E-state index is 14.4. The van der Waals surface area contributed by atoms with E-state index in [-0.39, 0.29) is 11.9 Å². The van der Waals surface area contributed by atoms with E-state index in [2.05, 4.69) is 15.8 Å². The molecule has 0 bridgehead atoms. The van der Waals surface area contributed by atoms with Crippen LogP contribution in [0, 0.1) is 25.5 Å². The van der Waals surface area contributed by atoms with Crippen molar-refractivity contribution in [1.82, 2.24) is 19.7 Å². The second-order valence-electron chi connectivity index (χ2n) is 12.4. The number of carbonyl (C=O) groups is 1. The van der Waals surface area contributed by atoms with Gasteiger partial charge in [-0.05, 0) is 83.2 Å². The van der Waals surface area contributed by atoms with Gasteiger partial charge in [0.2, 0.25) is 5.91 Å². The van der Waals surface area contributed by atoms with E-state index in [0.29, 0.717) is 36.4 Å². The molecule has 8 nitrogen and oxygen atoms in total. The molecule has 1 fully saturated rings. The molecule has 1 N–H and O–H groups in total. The minimum atomic E-state index is -1.02. The number of anilines is 1. The van der Waals surface area contributed by atoms with Gasteiger partial charge in [0.15, 0.2) is 11.6 Å². The molecule has 1 aliphatic heterocycles. The quantitative estimate of drug-likeness (QED) is 0.223. The van der Waals surface area contributed by atoms with Gasteiger partial charge in [0.05, 0.1) is 28.5 Å². The molecule has 2 aliphatic rings. The number of aryl methyl sites for hydroxylation is 3. The Balaban J connectivity index is 1.39. The number of amides is 1.